The van der Waals surface area contributed by atoms with Gasteiger partial charge < -0.3 is 20.3 Å². The minimum absolute atomic E-state index is 0. The number of aliphatic imine (C=N–C) groups is 1. The fraction of sp³-hybridized carbons (Fsp3) is 0.562. The smallest absolute Gasteiger partial charge is 0.191 e. The van der Waals surface area contributed by atoms with Gasteiger partial charge in [-0.25, -0.2) is 0 Å². The summed E-state index contributed by atoms with van der Waals surface area (Å²) in [6.07, 6.45) is 1.10. The SMILES string of the molecule is CCN=C(NCC)NC1CCN(c2ccccc2OC)C1.I. The second-order valence-corrected chi connectivity index (χ2v) is 5.10. The molecule has 1 atom stereocenters. The minimum Gasteiger partial charge on any atom is -0.495 e. The number of rotatable bonds is 5. The highest BCUT2D eigenvalue weighted by atomic mass is 127. The number of hydrogen-bond acceptors (Lipinski definition) is 3. The van der Waals surface area contributed by atoms with E-state index >= 15 is 0 Å². The van der Waals surface area contributed by atoms with Crippen LogP contribution in [0.15, 0.2) is 29.3 Å². The van der Waals surface area contributed by atoms with Crippen LogP contribution in [-0.4, -0.2) is 45.3 Å². The summed E-state index contributed by atoms with van der Waals surface area (Å²) in [5.74, 6) is 1.85. The van der Waals surface area contributed by atoms with Crippen molar-refractivity contribution in [3.8, 4) is 5.75 Å². The molecule has 0 saturated carbocycles. The zero-order valence-corrected chi connectivity index (χ0v) is 16.0. The van der Waals surface area contributed by atoms with Crippen LogP contribution >= 0.6 is 24.0 Å². The van der Waals surface area contributed by atoms with Crippen molar-refractivity contribution >= 4 is 35.6 Å². The van der Waals surface area contributed by atoms with Crippen LogP contribution in [0.5, 0.6) is 5.75 Å². The van der Waals surface area contributed by atoms with Gasteiger partial charge in [0.15, 0.2) is 5.96 Å². The van der Waals surface area contributed by atoms with Gasteiger partial charge in [-0.05, 0) is 32.4 Å². The van der Waals surface area contributed by atoms with Gasteiger partial charge in [-0.2, -0.15) is 0 Å². The average Bonchev–Trinajstić information content (AvgIpc) is 2.96. The van der Waals surface area contributed by atoms with Gasteiger partial charge in [-0.3, -0.25) is 4.99 Å². The van der Waals surface area contributed by atoms with Crippen LogP contribution in [0.4, 0.5) is 5.69 Å². The molecule has 0 radical (unpaired) electrons. The van der Waals surface area contributed by atoms with E-state index in [0.29, 0.717) is 6.04 Å². The van der Waals surface area contributed by atoms with E-state index in [1.807, 2.05) is 12.1 Å². The average molecular weight is 418 g/mol. The first-order valence-corrected chi connectivity index (χ1v) is 7.71. The van der Waals surface area contributed by atoms with Crippen LogP contribution in [0.1, 0.15) is 20.3 Å². The standard InChI is InChI=1S/C16H26N4O.HI/c1-4-17-16(18-5-2)19-13-10-11-20(12-13)14-8-6-7-9-15(14)21-3;/h6-9,13H,4-5,10-12H2,1-3H3,(H2,17,18,19);1H. The van der Waals surface area contributed by atoms with Crippen molar-refractivity contribution in [3.05, 3.63) is 24.3 Å². The van der Waals surface area contributed by atoms with Gasteiger partial charge >= 0.3 is 0 Å². The highest BCUT2D eigenvalue weighted by molar-refractivity contribution is 14.0. The van der Waals surface area contributed by atoms with Crippen LogP contribution in [0.2, 0.25) is 0 Å². The van der Waals surface area contributed by atoms with Gasteiger partial charge in [0, 0.05) is 32.2 Å². The van der Waals surface area contributed by atoms with Crippen molar-refractivity contribution in [1.29, 1.82) is 0 Å². The van der Waals surface area contributed by atoms with Crippen LogP contribution in [0, 0.1) is 0 Å². The third-order valence-corrected chi connectivity index (χ3v) is 3.62. The summed E-state index contributed by atoms with van der Waals surface area (Å²) in [6, 6.07) is 8.61. The number of halogens is 1. The molecule has 1 heterocycles. The Bertz CT molecular complexity index is 481. The Morgan fingerprint density at radius 1 is 1.36 bits per heavy atom. The van der Waals surface area contributed by atoms with Crippen LogP contribution < -0.4 is 20.3 Å². The van der Waals surface area contributed by atoms with Crippen LogP contribution in [0.25, 0.3) is 0 Å². The van der Waals surface area contributed by atoms with Crippen molar-refractivity contribution in [3.63, 3.8) is 0 Å². The van der Waals surface area contributed by atoms with Crippen LogP contribution in [0.3, 0.4) is 0 Å². The summed E-state index contributed by atoms with van der Waals surface area (Å²) in [5.41, 5.74) is 1.17. The lowest BCUT2D eigenvalue weighted by atomic mass is 10.2. The fourth-order valence-electron chi connectivity index (χ4n) is 2.66. The van der Waals surface area contributed by atoms with E-state index in [-0.39, 0.29) is 24.0 Å². The Morgan fingerprint density at radius 3 is 2.82 bits per heavy atom. The Balaban J connectivity index is 0.00000242. The quantitative estimate of drug-likeness (QED) is 0.438. The van der Waals surface area contributed by atoms with Gasteiger partial charge in [0.2, 0.25) is 0 Å². The minimum atomic E-state index is 0. The predicted molar refractivity (Wildman–Crippen MR) is 104 cm³/mol. The molecule has 5 nitrogen and oxygen atoms in total. The van der Waals surface area contributed by atoms with E-state index in [1.54, 1.807) is 7.11 Å². The van der Waals surface area contributed by atoms with Gasteiger partial charge in [0.05, 0.1) is 12.8 Å². The van der Waals surface area contributed by atoms with Crippen molar-refractivity contribution in [2.45, 2.75) is 26.3 Å². The maximum atomic E-state index is 5.45. The first-order valence-electron chi connectivity index (χ1n) is 7.71. The van der Waals surface area contributed by atoms with Gasteiger partial charge in [0.25, 0.3) is 0 Å². The maximum absolute atomic E-state index is 5.45. The molecule has 0 aromatic heterocycles. The molecule has 22 heavy (non-hydrogen) atoms. The van der Waals surface area contributed by atoms with Gasteiger partial charge in [0.1, 0.15) is 5.75 Å². The fourth-order valence-corrected chi connectivity index (χ4v) is 2.66. The summed E-state index contributed by atoms with van der Waals surface area (Å²) < 4.78 is 5.45. The van der Waals surface area contributed by atoms with E-state index in [4.69, 9.17) is 4.74 Å². The maximum Gasteiger partial charge on any atom is 0.191 e. The molecule has 1 fully saturated rings. The third-order valence-electron chi connectivity index (χ3n) is 3.62. The first-order chi connectivity index (χ1) is 10.3. The highest BCUT2D eigenvalue weighted by Crippen LogP contribution is 2.30. The number of methoxy groups -OCH3 is 1. The number of nitrogens with zero attached hydrogens (tertiary/aromatic N) is 2. The molecule has 2 N–H and O–H groups in total. The number of para-hydroxylation sites is 2. The lowest BCUT2D eigenvalue weighted by Gasteiger charge is -2.22. The summed E-state index contributed by atoms with van der Waals surface area (Å²) in [6.45, 7) is 7.81. The highest BCUT2D eigenvalue weighted by Gasteiger charge is 2.25. The molecule has 124 valence electrons. The molecule has 1 saturated heterocycles. The molecule has 1 aromatic carbocycles. The first kappa shape index (κ1) is 18.9. The number of guanidine groups is 1. The van der Waals surface area contributed by atoms with E-state index in [1.165, 1.54) is 5.69 Å². The summed E-state index contributed by atoms with van der Waals surface area (Å²) in [5, 5.41) is 6.79. The molecule has 1 aliphatic rings. The lowest BCUT2D eigenvalue weighted by Crippen LogP contribution is -2.44. The Hall–Kier alpha value is -1.18. The Labute approximate surface area is 150 Å². The number of benzene rings is 1. The van der Waals surface area contributed by atoms with E-state index < -0.39 is 0 Å². The zero-order chi connectivity index (χ0) is 15.1. The molecule has 0 spiro atoms. The molecule has 6 heteroatoms. The number of ether oxygens (including phenoxy) is 1. The molecule has 1 unspecified atom stereocenters. The van der Waals surface area contributed by atoms with Crippen LogP contribution in [-0.2, 0) is 0 Å². The zero-order valence-electron chi connectivity index (χ0n) is 13.6. The summed E-state index contributed by atoms with van der Waals surface area (Å²) in [7, 11) is 1.72. The summed E-state index contributed by atoms with van der Waals surface area (Å²) in [4.78, 5) is 6.83. The monoisotopic (exact) mass is 418 g/mol. The molecule has 1 aliphatic heterocycles. The number of nitrogens with one attached hydrogen (secondary N) is 2. The van der Waals surface area contributed by atoms with Crippen molar-refractivity contribution < 1.29 is 4.74 Å². The molecule has 0 bridgehead atoms. The number of hydrogen-bond donors (Lipinski definition) is 2. The van der Waals surface area contributed by atoms with E-state index in [9.17, 15) is 0 Å². The Kier molecular flexibility index (Phi) is 8.37. The van der Waals surface area contributed by atoms with Crippen molar-refractivity contribution in [2.24, 2.45) is 4.99 Å². The lowest BCUT2D eigenvalue weighted by molar-refractivity contribution is 0.415. The third kappa shape index (κ3) is 4.93. The molecule has 2 rings (SSSR count). The molecule has 1 aromatic rings. The van der Waals surface area contributed by atoms with Gasteiger partial charge in [-0.15, -0.1) is 24.0 Å². The largest absolute Gasteiger partial charge is 0.495 e. The summed E-state index contributed by atoms with van der Waals surface area (Å²) >= 11 is 0. The van der Waals surface area contributed by atoms with E-state index in [0.717, 1.165) is 44.3 Å². The molecule has 0 amide bonds. The second-order valence-electron chi connectivity index (χ2n) is 5.10. The number of anilines is 1. The van der Waals surface area contributed by atoms with E-state index in [2.05, 4.69) is 46.5 Å². The molecular formula is C16H27IN4O. The molecular weight excluding hydrogens is 391 g/mol. The predicted octanol–water partition coefficient (Wildman–Crippen LogP) is 2.47. The topological polar surface area (TPSA) is 48.9 Å². The Morgan fingerprint density at radius 2 is 2.14 bits per heavy atom. The normalized spacial score (nSPS) is 17.9. The second kappa shape index (κ2) is 9.76. The van der Waals surface area contributed by atoms with Gasteiger partial charge in [-0.1, -0.05) is 12.1 Å². The van der Waals surface area contributed by atoms with Crippen molar-refractivity contribution in [2.75, 3.05) is 38.2 Å². The molecule has 0 aliphatic carbocycles. The van der Waals surface area contributed by atoms with Crippen molar-refractivity contribution in [1.82, 2.24) is 10.6 Å².